The van der Waals surface area contributed by atoms with Gasteiger partial charge in [0.05, 0.1) is 52.0 Å². The SMILES string of the molecule is CCCOCCOCCOCCN1Cc2cc(OCCCN=C(N)N)ccc2C[C@@H](CC(=O)O)C1=O. The van der Waals surface area contributed by atoms with Crippen molar-refractivity contribution in [1.29, 1.82) is 0 Å². The number of carboxylic acids is 1. The molecule has 1 amide bonds. The van der Waals surface area contributed by atoms with Gasteiger partial charge in [-0.3, -0.25) is 14.6 Å². The van der Waals surface area contributed by atoms with Gasteiger partial charge in [-0.2, -0.15) is 0 Å². The molecule has 0 saturated heterocycles. The number of benzene rings is 1. The molecule has 36 heavy (non-hydrogen) atoms. The Balaban J connectivity index is 1.90. The fourth-order valence-corrected chi connectivity index (χ4v) is 3.82. The van der Waals surface area contributed by atoms with Crippen molar-refractivity contribution in [1.82, 2.24) is 4.90 Å². The lowest BCUT2D eigenvalue weighted by Crippen LogP contribution is -2.37. The molecule has 11 nitrogen and oxygen atoms in total. The van der Waals surface area contributed by atoms with E-state index in [-0.39, 0.29) is 18.3 Å². The van der Waals surface area contributed by atoms with E-state index in [0.717, 1.165) is 24.2 Å². The number of ether oxygens (including phenoxy) is 4. The first-order chi connectivity index (χ1) is 17.4. The Morgan fingerprint density at radius 2 is 1.75 bits per heavy atom. The summed E-state index contributed by atoms with van der Waals surface area (Å²) in [6.07, 6.45) is 1.79. The van der Waals surface area contributed by atoms with E-state index in [9.17, 15) is 14.7 Å². The fraction of sp³-hybridized carbons (Fsp3) is 0.640. The summed E-state index contributed by atoms with van der Waals surface area (Å²) in [5.41, 5.74) is 12.5. The summed E-state index contributed by atoms with van der Waals surface area (Å²) in [6.45, 7) is 6.67. The Labute approximate surface area is 212 Å². The molecule has 1 aromatic carbocycles. The number of rotatable bonds is 18. The molecule has 0 saturated carbocycles. The lowest BCUT2D eigenvalue weighted by atomic mass is 9.94. The number of amides is 1. The summed E-state index contributed by atoms with van der Waals surface area (Å²) in [6, 6.07) is 5.66. The summed E-state index contributed by atoms with van der Waals surface area (Å²) in [7, 11) is 0. The van der Waals surface area contributed by atoms with Gasteiger partial charge in [0.2, 0.25) is 5.91 Å². The van der Waals surface area contributed by atoms with Crippen LogP contribution in [0.2, 0.25) is 0 Å². The van der Waals surface area contributed by atoms with Crippen molar-refractivity contribution in [3.63, 3.8) is 0 Å². The Morgan fingerprint density at radius 3 is 2.42 bits per heavy atom. The minimum atomic E-state index is -0.992. The highest BCUT2D eigenvalue weighted by atomic mass is 16.5. The van der Waals surface area contributed by atoms with Crippen molar-refractivity contribution in [2.75, 3.05) is 59.3 Å². The molecule has 1 heterocycles. The van der Waals surface area contributed by atoms with Gasteiger partial charge in [0.1, 0.15) is 5.75 Å². The highest BCUT2D eigenvalue weighted by Gasteiger charge is 2.31. The van der Waals surface area contributed by atoms with Crippen molar-refractivity contribution >= 4 is 17.8 Å². The quantitative estimate of drug-likeness (QED) is 0.150. The molecule has 11 heteroatoms. The topological polar surface area (TPSA) is 159 Å². The van der Waals surface area contributed by atoms with Gasteiger partial charge in [-0.25, -0.2) is 0 Å². The lowest BCUT2D eigenvalue weighted by molar-refractivity contribution is -0.145. The first-order valence-corrected chi connectivity index (χ1v) is 12.4. The molecule has 0 unspecified atom stereocenters. The third kappa shape index (κ3) is 11.2. The zero-order valence-corrected chi connectivity index (χ0v) is 21.2. The van der Waals surface area contributed by atoms with Crippen LogP contribution < -0.4 is 16.2 Å². The number of nitrogens with two attached hydrogens (primary N) is 2. The van der Waals surface area contributed by atoms with Crippen LogP contribution in [-0.4, -0.2) is 87.2 Å². The predicted octanol–water partition coefficient (Wildman–Crippen LogP) is 1.16. The first-order valence-electron chi connectivity index (χ1n) is 12.4. The Bertz CT molecular complexity index is 846. The molecule has 1 aliphatic heterocycles. The van der Waals surface area contributed by atoms with Gasteiger partial charge in [-0.15, -0.1) is 0 Å². The van der Waals surface area contributed by atoms with E-state index in [2.05, 4.69) is 11.9 Å². The molecule has 0 fully saturated rings. The second-order valence-corrected chi connectivity index (χ2v) is 8.53. The largest absolute Gasteiger partial charge is 0.494 e. The van der Waals surface area contributed by atoms with E-state index in [1.165, 1.54) is 0 Å². The number of carbonyl (C=O) groups is 2. The number of aliphatic carboxylic acids is 1. The maximum Gasteiger partial charge on any atom is 0.304 e. The van der Waals surface area contributed by atoms with Crippen LogP contribution in [0.15, 0.2) is 23.2 Å². The molecule has 0 radical (unpaired) electrons. The molecule has 5 N–H and O–H groups in total. The number of fused-ring (bicyclic) bond motifs is 1. The van der Waals surface area contributed by atoms with Crippen molar-refractivity contribution in [3.05, 3.63) is 29.3 Å². The van der Waals surface area contributed by atoms with Crippen molar-refractivity contribution in [2.45, 2.75) is 39.2 Å². The average Bonchev–Trinajstić information content (AvgIpc) is 2.96. The molecule has 1 atom stereocenters. The predicted molar refractivity (Wildman–Crippen MR) is 135 cm³/mol. The molecule has 0 bridgehead atoms. The summed E-state index contributed by atoms with van der Waals surface area (Å²) < 4.78 is 22.3. The molecule has 0 aliphatic carbocycles. The monoisotopic (exact) mass is 508 g/mol. The van der Waals surface area contributed by atoms with Crippen LogP contribution in [-0.2, 0) is 36.8 Å². The van der Waals surface area contributed by atoms with E-state index >= 15 is 0 Å². The second-order valence-electron chi connectivity index (χ2n) is 8.53. The van der Waals surface area contributed by atoms with Crippen LogP contribution in [0.4, 0.5) is 0 Å². The van der Waals surface area contributed by atoms with Crippen LogP contribution in [0.1, 0.15) is 37.3 Å². The number of guanidine groups is 1. The van der Waals surface area contributed by atoms with E-state index in [1.807, 2.05) is 18.2 Å². The fourth-order valence-electron chi connectivity index (χ4n) is 3.82. The standard InChI is InChI=1S/C25H40N4O7/c1-2-8-33-11-13-35-14-12-34-10-7-29-18-21-16-22(36-9-3-6-28-25(26)27)5-4-19(21)15-20(24(29)32)17-23(30)31/h4-5,16,20H,2-3,6-15,17-18H2,1H3,(H,30,31)(H4,26,27,28)/t20-/m0/s1. The van der Waals surface area contributed by atoms with Crippen LogP contribution in [0.3, 0.4) is 0 Å². The van der Waals surface area contributed by atoms with E-state index < -0.39 is 11.9 Å². The second kappa shape index (κ2) is 16.7. The minimum absolute atomic E-state index is 0.0502. The molecule has 2 rings (SSSR count). The molecular formula is C25H40N4O7. The Hall–Kier alpha value is -2.89. The number of aliphatic imine (C=N–C) groups is 1. The number of nitrogens with zero attached hydrogens (tertiary/aromatic N) is 2. The first kappa shape index (κ1) is 29.3. The van der Waals surface area contributed by atoms with E-state index in [4.69, 9.17) is 30.4 Å². The highest BCUT2D eigenvalue weighted by molar-refractivity contribution is 5.84. The zero-order chi connectivity index (χ0) is 26.2. The molecule has 1 aliphatic rings. The number of hydrogen-bond acceptors (Lipinski definition) is 7. The van der Waals surface area contributed by atoms with E-state index in [1.54, 1.807) is 4.90 Å². The normalized spacial score (nSPS) is 15.3. The van der Waals surface area contributed by atoms with Gasteiger partial charge in [-0.05, 0) is 36.1 Å². The molecule has 0 spiro atoms. The summed E-state index contributed by atoms with van der Waals surface area (Å²) in [4.78, 5) is 30.1. The molecule has 0 aromatic heterocycles. The lowest BCUT2D eigenvalue weighted by Gasteiger charge is -2.24. The third-order valence-corrected chi connectivity index (χ3v) is 5.55. The Kier molecular flexibility index (Phi) is 13.6. The zero-order valence-electron chi connectivity index (χ0n) is 21.2. The van der Waals surface area contributed by atoms with Gasteiger partial charge in [0.15, 0.2) is 5.96 Å². The number of carbonyl (C=O) groups excluding carboxylic acids is 1. The van der Waals surface area contributed by atoms with Crippen LogP contribution in [0, 0.1) is 5.92 Å². The molecular weight excluding hydrogens is 468 g/mol. The van der Waals surface area contributed by atoms with E-state index in [0.29, 0.717) is 77.9 Å². The van der Waals surface area contributed by atoms with Gasteiger partial charge in [0, 0.05) is 32.7 Å². The average molecular weight is 509 g/mol. The van der Waals surface area contributed by atoms with Gasteiger partial charge in [0.25, 0.3) is 0 Å². The van der Waals surface area contributed by atoms with Gasteiger partial charge in [-0.1, -0.05) is 13.0 Å². The van der Waals surface area contributed by atoms with Crippen molar-refractivity contribution < 1.29 is 33.6 Å². The number of hydrogen-bond donors (Lipinski definition) is 3. The highest BCUT2D eigenvalue weighted by Crippen LogP contribution is 2.28. The van der Waals surface area contributed by atoms with Crippen LogP contribution >= 0.6 is 0 Å². The smallest absolute Gasteiger partial charge is 0.304 e. The maximum atomic E-state index is 13.1. The van der Waals surface area contributed by atoms with Gasteiger partial charge < -0.3 is 40.4 Å². The third-order valence-electron chi connectivity index (χ3n) is 5.55. The van der Waals surface area contributed by atoms with Crippen LogP contribution in [0.25, 0.3) is 0 Å². The maximum absolute atomic E-state index is 13.1. The van der Waals surface area contributed by atoms with Crippen molar-refractivity contribution in [3.8, 4) is 5.75 Å². The molecule has 1 aromatic rings. The number of carboxylic acid groups (broad SMARTS) is 1. The minimum Gasteiger partial charge on any atom is -0.494 e. The van der Waals surface area contributed by atoms with Crippen molar-refractivity contribution in [2.24, 2.45) is 22.4 Å². The summed E-state index contributed by atoms with van der Waals surface area (Å²) >= 11 is 0. The molecule has 202 valence electrons. The summed E-state index contributed by atoms with van der Waals surface area (Å²) in [5, 5.41) is 9.33. The van der Waals surface area contributed by atoms with Crippen LogP contribution in [0.5, 0.6) is 5.75 Å². The Morgan fingerprint density at radius 1 is 1.06 bits per heavy atom. The van der Waals surface area contributed by atoms with Gasteiger partial charge >= 0.3 is 5.97 Å². The summed E-state index contributed by atoms with van der Waals surface area (Å²) in [5.74, 6) is -1.07.